The van der Waals surface area contributed by atoms with Gasteiger partial charge in [-0.2, -0.15) is 0 Å². The normalized spacial score (nSPS) is 13.1. The van der Waals surface area contributed by atoms with Crippen molar-refractivity contribution in [2.45, 2.75) is 18.6 Å². The van der Waals surface area contributed by atoms with Crippen molar-refractivity contribution in [3.05, 3.63) is 24.0 Å². The Morgan fingerprint density at radius 2 is 2.00 bits per heavy atom. The van der Waals surface area contributed by atoms with E-state index in [1.54, 1.807) is 19.9 Å². The van der Waals surface area contributed by atoms with Gasteiger partial charge in [0.2, 0.25) is 0 Å². The monoisotopic (exact) mass is 254 g/mol. The Balaban J connectivity index is 2.65. The Kier molecular flexibility index (Phi) is 2.43. The quantitative estimate of drug-likeness (QED) is 0.851. The van der Waals surface area contributed by atoms with E-state index in [0.717, 1.165) is 0 Å². The minimum Gasteiger partial charge on any atom is -0.508 e. The maximum absolute atomic E-state index is 11.7. The second kappa shape index (κ2) is 3.46. The summed E-state index contributed by atoms with van der Waals surface area (Å²) >= 11 is 0. The molecule has 0 saturated carbocycles. The van der Waals surface area contributed by atoms with E-state index in [-0.39, 0.29) is 5.75 Å². The molecule has 2 N–H and O–H groups in total. The average molecular weight is 254 g/mol. The summed E-state index contributed by atoms with van der Waals surface area (Å²) in [5.74, 6) is 0.491. The summed E-state index contributed by atoms with van der Waals surface area (Å²) in [6.07, 6.45) is 1.18. The molecule has 0 aliphatic heterocycles. The zero-order valence-corrected chi connectivity index (χ0v) is 10.7. The van der Waals surface area contributed by atoms with Crippen LogP contribution < -0.4 is 0 Å². The number of fused-ring (bicyclic) bond motifs is 1. The molecule has 0 aliphatic carbocycles. The molecule has 1 aromatic carbocycles. The second-order valence-electron chi connectivity index (χ2n) is 4.57. The van der Waals surface area contributed by atoms with Gasteiger partial charge in [-0.1, -0.05) is 0 Å². The molecule has 1 aromatic heterocycles. The summed E-state index contributed by atoms with van der Waals surface area (Å²) in [5.41, 5.74) is 1.26. The first-order valence-electron chi connectivity index (χ1n) is 5.10. The number of imidazole rings is 1. The van der Waals surface area contributed by atoms with E-state index in [2.05, 4.69) is 9.97 Å². The number of nitrogens with zero attached hydrogens (tertiary/aromatic N) is 1. The van der Waals surface area contributed by atoms with E-state index >= 15 is 0 Å². The van der Waals surface area contributed by atoms with Crippen molar-refractivity contribution in [2.24, 2.45) is 0 Å². The fraction of sp³-hybridized carbons (Fsp3) is 0.364. The molecule has 0 unspecified atom stereocenters. The second-order valence-corrected chi connectivity index (χ2v) is 7.13. The number of benzene rings is 1. The molecule has 5 nitrogen and oxygen atoms in total. The van der Waals surface area contributed by atoms with Gasteiger partial charge in [0, 0.05) is 12.3 Å². The molecule has 0 atom stereocenters. The van der Waals surface area contributed by atoms with Crippen molar-refractivity contribution < 1.29 is 13.5 Å². The van der Waals surface area contributed by atoms with Gasteiger partial charge in [0.05, 0.1) is 11.0 Å². The lowest BCUT2D eigenvalue weighted by atomic mass is 10.2. The molecule has 92 valence electrons. The van der Waals surface area contributed by atoms with Crippen LogP contribution in [0.3, 0.4) is 0 Å². The zero-order valence-electron chi connectivity index (χ0n) is 9.85. The summed E-state index contributed by atoms with van der Waals surface area (Å²) in [5, 5.41) is 9.34. The van der Waals surface area contributed by atoms with Crippen LogP contribution in [0.15, 0.2) is 18.2 Å². The number of rotatable bonds is 2. The SMILES string of the molecule is CC(C)(c1nc2ccc(O)cc2[nH]1)S(C)(=O)=O. The van der Waals surface area contributed by atoms with E-state index in [1.807, 2.05) is 0 Å². The molecule has 0 spiro atoms. The van der Waals surface area contributed by atoms with Crippen LogP contribution >= 0.6 is 0 Å². The minimum absolute atomic E-state index is 0.116. The summed E-state index contributed by atoms with van der Waals surface area (Å²) in [7, 11) is -3.27. The first kappa shape index (κ1) is 11.9. The Morgan fingerprint density at radius 3 is 2.59 bits per heavy atom. The molecule has 0 saturated heterocycles. The lowest BCUT2D eigenvalue weighted by Crippen LogP contribution is -2.29. The number of aromatic hydroxyl groups is 1. The van der Waals surface area contributed by atoms with Gasteiger partial charge in [-0.3, -0.25) is 0 Å². The Labute approximate surface area is 99.4 Å². The highest BCUT2D eigenvalue weighted by Crippen LogP contribution is 2.29. The topological polar surface area (TPSA) is 83.1 Å². The van der Waals surface area contributed by atoms with Gasteiger partial charge in [-0.25, -0.2) is 13.4 Å². The third kappa shape index (κ3) is 1.88. The van der Waals surface area contributed by atoms with E-state index in [1.165, 1.54) is 18.4 Å². The van der Waals surface area contributed by atoms with Crippen molar-refractivity contribution >= 4 is 20.9 Å². The van der Waals surface area contributed by atoms with Gasteiger partial charge in [-0.15, -0.1) is 0 Å². The van der Waals surface area contributed by atoms with Crippen molar-refractivity contribution in [2.75, 3.05) is 6.26 Å². The average Bonchev–Trinajstić information content (AvgIpc) is 2.58. The highest BCUT2D eigenvalue weighted by molar-refractivity contribution is 7.91. The maximum Gasteiger partial charge on any atom is 0.159 e. The van der Waals surface area contributed by atoms with Gasteiger partial charge in [0.15, 0.2) is 9.84 Å². The molecule has 0 radical (unpaired) electrons. The van der Waals surface area contributed by atoms with E-state index in [4.69, 9.17) is 0 Å². The minimum atomic E-state index is -3.27. The molecule has 17 heavy (non-hydrogen) atoms. The van der Waals surface area contributed by atoms with E-state index in [0.29, 0.717) is 16.9 Å². The molecule has 2 rings (SSSR count). The maximum atomic E-state index is 11.7. The Bertz CT molecular complexity index is 671. The molecule has 0 fully saturated rings. The highest BCUT2D eigenvalue weighted by Gasteiger charge is 2.35. The van der Waals surface area contributed by atoms with Crippen LogP contribution in [0.25, 0.3) is 11.0 Å². The van der Waals surface area contributed by atoms with Crippen LogP contribution in [0.1, 0.15) is 19.7 Å². The molecule has 0 aliphatic rings. The van der Waals surface area contributed by atoms with Crippen LogP contribution in [-0.2, 0) is 14.6 Å². The fourth-order valence-electron chi connectivity index (χ4n) is 1.46. The molecule has 1 heterocycles. The number of aromatic nitrogens is 2. The number of sulfone groups is 1. The van der Waals surface area contributed by atoms with Crippen molar-refractivity contribution in [3.8, 4) is 5.75 Å². The van der Waals surface area contributed by atoms with Crippen molar-refractivity contribution in [1.29, 1.82) is 0 Å². The number of aromatic amines is 1. The van der Waals surface area contributed by atoms with Crippen LogP contribution in [0.2, 0.25) is 0 Å². The van der Waals surface area contributed by atoms with E-state index in [9.17, 15) is 13.5 Å². The number of hydrogen-bond acceptors (Lipinski definition) is 4. The van der Waals surface area contributed by atoms with Crippen LogP contribution in [0, 0.1) is 0 Å². The third-order valence-corrected chi connectivity index (χ3v) is 5.01. The van der Waals surface area contributed by atoms with Gasteiger partial charge < -0.3 is 10.1 Å². The summed E-state index contributed by atoms with van der Waals surface area (Å²) < 4.78 is 22.3. The Hall–Kier alpha value is -1.56. The number of nitrogens with one attached hydrogen (secondary N) is 1. The summed E-state index contributed by atoms with van der Waals surface area (Å²) in [6, 6.07) is 4.67. The molecule has 0 bridgehead atoms. The Morgan fingerprint density at radius 1 is 1.35 bits per heavy atom. The molecular weight excluding hydrogens is 240 g/mol. The lowest BCUT2D eigenvalue weighted by molar-refractivity contribution is 0.476. The third-order valence-electron chi connectivity index (χ3n) is 2.96. The standard InChI is InChI=1S/C11H14N2O3S/c1-11(2,17(3,15)16)10-12-8-5-4-7(14)6-9(8)13-10/h4-6,14H,1-3H3,(H,12,13). The van der Waals surface area contributed by atoms with Crippen molar-refractivity contribution in [3.63, 3.8) is 0 Å². The van der Waals surface area contributed by atoms with Crippen LogP contribution in [0.4, 0.5) is 0 Å². The smallest absolute Gasteiger partial charge is 0.159 e. The summed E-state index contributed by atoms with van der Waals surface area (Å²) in [6.45, 7) is 3.19. The largest absolute Gasteiger partial charge is 0.508 e. The highest BCUT2D eigenvalue weighted by atomic mass is 32.2. The number of hydrogen-bond donors (Lipinski definition) is 2. The van der Waals surface area contributed by atoms with Crippen LogP contribution in [0.5, 0.6) is 5.75 Å². The van der Waals surface area contributed by atoms with Gasteiger partial charge >= 0.3 is 0 Å². The molecule has 2 aromatic rings. The number of H-pyrrole nitrogens is 1. The summed E-state index contributed by atoms with van der Waals surface area (Å²) in [4.78, 5) is 7.18. The van der Waals surface area contributed by atoms with Crippen molar-refractivity contribution in [1.82, 2.24) is 9.97 Å². The van der Waals surface area contributed by atoms with E-state index < -0.39 is 14.6 Å². The fourth-order valence-corrected chi connectivity index (χ4v) is 1.91. The molecular formula is C11H14N2O3S. The first-order chi connectivity index (χ1) is 7.72. The molecule has 0 amide bonds. The predicted molar refractivity (Wildman–Crippen MR) is 65.6 cm³/mol. The number of phenolic OH excluding ortho intramolecular Hbond substituents is 1. The number of phenols is 1. The van der Waals surface area contributed by atoms with Gasteiger partial charge in [0.1, 0.15) is 16.3 Å². The molecule has 6 heteroatoms. The first-order valence-corrected chi connectivity index (χ1v) is 7.00. The van der Waals surface area contributed by atoms with Crippen LogP contribution in [-0.4, -0.2) is 29.7 Å². The lowest BCUT2D eigenvalue weighted by Gasteiger charge is -2.19. The predicted octanol–water partition coefficient (Wildman–Crippen LogP) is 1.55. The zero-order chi connectivity index (χ0) is 12.8. The van der Waals surface area contributed by atoms with Gasteiger partial charge in [0.25, 0.3) is 0 Å². The van der Waals surface area contributed by atoms with Gasteiger partial charge in [-0.05, 0) is 26.0 Å².